The molecule has 1 aliphatic rings. The summed E-state index contributed by atoms with van der Waals surface area (Å²) in [6.45, 7) is 1.47. The third-order valence-electron chi connectivity index (χ3n) is 3.65. The average molecular weight is 286 g/mol. The summed E-state index contributed by atoms with van der Waals surface area (Å²) < 4.78 is 0. The Morgan fingerprint density at radius 2 is 1.57 bits per heavy atom. The second kappa shape index (κ2) is 7.74. The topological polar surface area (TPSA) is 72.2 Å². The number of carbonyl (C=O) groups is 2. The number of hydrogen-bond donors (Lipinski definition) is 2. The van der Waals surface area contributed by atoms with Crippen molar-refractivity contribution in [2.75, 3.05) is 13.1 Å². The number of carbonyl (C=O) groups excluding carboxylic acids is 2. The van der Waals surface area contributed by atoms with E-state index in [2.05, 4.69) is 5.32 Å². The van der Waals surface area contributed by atoms with Crippen molar-refractivity contribution in [3.63, 3.8) is 0 Å². The maximum Gasteiger partial charge on any atom is 0.209 e. The van der Waals surface area contributed by atoms with E-state index >= 15 is 0 Å². The zero-order chi connectivity index (χ0) is 15.1. The lowest BCUT2D eigenvalue weighted by Gasteiger charge is -2.16. The Balaban J connectivity index is 1.82. The van der Waals surface area contributed by atoms with Crippen molar-refractivity contribution >= 4 is 11.6 Å². The molecule has 3 N–H and O–H groups in total. The van der Waals surface area contributed by atoms with Gasteiger partial charge in [-0.1, -0.05) is 43.5 Å². The number of nitrogens with one attached hydrogen (secondary N) is 1. The van der Waals surface area contributed by atoms with E-state index in [0.717, 1.165) is 45.2 Å². The molecule has 0 spiro atoms. The first kappa shape index (κ1) is 15.4. The summed E-state index contributed by atoms with van der Waals surface area (Å²) in [4.78, 5) is 24.2. The summed E-state index contributed by atoms with van der Waals surface area (Å²) in [5.41, 5.74) is 6.85. The van der Waals surface area contributed by atoms with E-state index in [1.807, 2.05) is 0 Å². The fourth-order valence-corrected chi connectivity index (χ4v) is 2.47. The zero-order valence-electron chi connectivity index (χ0n) is 12.2. The van der Waals surface area contributed by atoms with Crippen molar-refractivity contribution in [2.24, 2.45) is 5.73 Å². The third-order valence-corrected chi connectivity index (χ3v) is 3.65. The van der Waals surface area contributed by atoms with Gasteiger partial charge < -0.3 is 11.1 Å². The van der Waals surface area contributed by atoms with Crippen molar-refractivity contribution in [2.45, 2.75) is 32.1 Å². The van der Waals surface area contributed by atoms with Crippen molar-refractivity contribution in [3.05, 3.63) is 47.2 Å². The predicted octanol–water partition coefficient (Wildman–Crippen LogP) is 2.45. The molecular formula is C17H22N2O2. The lowest BCUT2D eigenvalue weighted by atomic mass is 9.93. The van der Waals surface area contributed by atoms with Crippen LogP contribution in [0.15, 0.2) is 36.0 Å². The van der Waals surface area contributed by atoms with Crippen LogP contribution in [0.3, 0.4) is 0 Å². The fraction of sp³-hybridized carbons (Fsp3) is 0.412. The summed E-state index contributed by atoms with van der Waals surface area (Å²) in [7, 11) is 0. The Hall–Kier alpha value is -1.94. The first-order valence-electron chi connectivity index (χ1n) is 7.57. The lowest BCUT2D eigenvalue weighted by molar-refractivity contribution is 0.0978. The molecule has 0 saturated heterocycles. The van der Waals surface area contributed by atoms with Crippen LogP contribution in [0.4, 0.5) is 0 Å². The van der Waals surface area contributed by atoms with Crippen LogP contribution in [-0.2, 0) is 0 Å². The van der Waals surface area contributed by atoms with Gasteiger partial charge in [-0.25, -0.2) is 0 Å². The fourth-order valence-electron chi connectivity index (χ4n) is 2.47. The molecule has 1 aliphatic carbocycles. The van der Waals surface area contributed by atoms with Crippen molar-refractivity contribution in [1.29, 1.82) is 0 Å². The Kier molecular flexibility index (Phi) is 5.69. The Bertz CT molecular complexity index is 549. The number of hydrogen-bond acceptors (Lipinski definition) is 4. The van der Waals surface area contributed by atoms with Gasteiger partial charge >= 0.3 is 0 Å². The Morgan fingerprint density at radius 1 is 0.905 bits per heavy atom. The van der Waals surface area contributed by atoms with Crippen molar-refractivity contribution < 1.29 is 9.59 Å². The molecule has 0 aromatic heterocycles. The summed E-state index contributed by atoms with van der Waals surface area (Å²) in [6.07, 6.45) is 6.91. The standard InChI is InChI=1S/C17H22N2O2/c18-10-6-2-1-3-7-11-19-15-12-16(20)13-8-4-5-9-14(13)17(15)21/h4-5,8-9,12,19H,1-3,6-7,10-11,18H2. The van der Waals surface area contributed by atoms with Crippen LogP contribution >= 0.6 is 0 Å². The van der Waals surface area contributed by atoms with Crippen LogP contribution in [-0.4, -0.2) is 24.7 Å². The molecule has 112 valence electrons. The molecule has 2 rings (SSSR count). The van der Waals surface area contributed by atoms with Crippen LogP contribution < -0.4 is 11.1 Å². The minimum atomic E-state index is -0.101. The molecular weight excluding hydrogens is 264 g/mol. The predicted molar refractivity (Wildman–Crippen MR) is 83.3 cm³/mol. The van der Waals surface area contributed by atoms with Crippen molar-refractivity contribution in [1.82, 2.24) is 5.32 Å². The molecule has 21 heavy (non-hydrogen) atoms. The zero-order valence-corrected chi connectivity index (χ0v) is 12.2. The van der Waals surface area contributed by atoms with E-state index in [9.17, 15) is 9.59 Å². The Morgan fingerprint density at radius 3 is 2.33 bits per heavy atom. The molecule has 1 aromatic carbocycles. The van der Waals surface area contributed by atoms with E-state index in [1.165, 1.54) is 6.08 Å². The third kappa shape index (κ3) is 4.02. The Labute approximate surface area is 125 Å². The average Bonchev–Trinajstić information content (AvgIpc) is 2.51. The quantitative estimate of drug-likeness (QED) is 0.720. The smallest absolute Gasteiger partial charge is 0.209 e. The van der Waals surface area contributed by atoms with Gasteiger partial charge in [0.15, 0.2) is 5.78 Å². The molecule has 0 heterocycles. The lowest BCUT2D eigenvalue weighted by Crippen LogP contribution is -2.27. The molecule has 4 heteroatoms. The first-order chi connectivity index (χ1) is 10.2. The summed E-state index contributed by atoms with van der Waals surface area (Å²) in [5, 5.41) is 3.10. The van der Waals surface area contributed by atoms with Gasteiger partial charge in [-0.3, -0.25) is 9.59 Å². The van der Waals surface area contributed by atoms with Crippen molar-refractivity contribution in [3.8, 4) is 0 Å². The number of Topliss-reactive ketones (excluding diaryl/α,β-unsaturated/α-hetero) is 1. The van der Waals surface area contributed by atoms with Crippen LogP contribution in [0, 0.1) is 0 Å². The molecule has 1 aromatic rings. The number of allylic oxidation sites excluding steroid dienone is 2. The van der Waals surface area contributed by atoms with Crippen LogP contribution in [0.25, 0.3) is 0 Å². The number of rotatable bonds is 8. The van der Waals surface area contributed by atoms with E-state index in [-0.39, 0.29) is 11.6 Å². The largest absolute Gasteiger partial charge is 0.382 e. The monoisotopic (exact) mass is 286 g/mol. The van der Waals surface area contributed by atoms with Gasteiger partial charge in [0.1, 0.15) is 0 Å². The van der Waals surface area contributed by atoms with Crippen LogP contribution in [0.5, 0.6) is 0 Å². The molecule has 0 bridgehead atoms. The molecule has 0 radical (unpaired) electrons. The maximum atomic E-state index is 12.3. The maximum absolute atomic E-state index is 12.3. The molecule has 0 unspecified atom stereocenters. The normalized spacial score (nSPS) is 13.9. The van der Waals surface area contributed by atoms with Gasteiger partial charge in [0.05, 0.1) is 5.70 Å². The molecule has 0 aliphatic heterocycles. The van der Waals surface area contributed by atoms with Gasteiger partial charge in [-0.2, -0.15) is 0 Å². The second-order valence-electron chi connectivity index (χ2n) is 5.28. The number of unbranched alkanes of at least 4 members (excludes halogenated alkanes) is 4. The van der Waals surface area contributed by atoms with Crippen LogP contribution in [0.2, 0.25) is 0 Å². The minimum absolute atomic E-state index is 0.0895. The number of nitrogens with two attached hydrogens (primary N) is 1. The highest BCUT2D eigenvalue weighted by molar-refractivity contribution is 6.24. The highest BCUT2D eigenvalue weighted by Crippen LogP contribution is 2.19. The highest BCUT2D eigenvalue weighted by Gasteiger charge is 2.24. The number of benzene rings is 1. The molecule has 4 nitrogen and oxygen atoms in total. The number of ketones is 2. The van der Waals surface area contributed by atoms with E-state index < -0.39 is 0 Å². The molecule has 0 saturated carbocycles. The molecule has 0 amide bonds. The number of fused-ring (bicyclic) bond motifs is 1. The van der Waals surface area contributed by atoms with E-state index in [0.29, 0.717) is 16.8 Å². The first-order valence-corrected chi connectivity index (χ1v) is 7.57. The van der Waals surface area contributed by atoms with E-state index in [4.69, 9.17) is 5.73 Å². The van der Waals surface area contributed by atoms with Gasteiger partial charge in [-0.15, -0.1) is 0 Å². The summed E-state index contributed by atoms with van der Waals surface area (Å²) in [5.74, 6) is -0.191. The van der Waals surface area contributed by atoms with Gasteiger partial charge in [0, 0.05) is 23.7 Å². The van der Waals surface area contributed by atoms with Gasteiger partial charge in [0.2, 0.25) is 5.78 Å². The molecule has 0 atom stereocenters. The highest BCUT2D eigenvalue weighted by atomic mass is 16.1. The van der Waals surface area contributed by atoms with E-state index in [1.54, 1.807) is 24.3 Å². The minimum Gasteiger partial charge on any atom is -0.382 e. The van der Waals surface area contributed by atoms with Gasteiger partial charge in [0.25, 0.3) is 0 Å². The second-order valence-corrected chi connectivity index (χ2v) is 5.28. The van der Waals surface area contributed by atoms with Crippen LogP contribution in [0.1, 0.15) is 52.8 Å². The van der Waals surface area contributed by atoms with Gasteiger partial charge in [-0.05, 0) is 19.4 Å². The summed E-state index contributed by atoms with van der Waals surface area (Å²) in [6, 6.07) is 6.96. The SMILES string of the molecule is NCCCCCCCNC1=CC(=O)c2ccccc2C1=O. The summed E-state index contributed by atoms with van der Waals surface area (Å²) >= 11 is 0. The molecule has 0 fully saturated rings.